The molecule has 1 aliphatic heterocycles. The minimum Gasteiger partial charge on any atom is -0.493 e. The van der Waals surface area contributed by atoms with E-state index >= 15 is 0 Å². The number of amides is 2. The van der Waals surface area contributed by atoms with Gasteiger partial charge in [0.1, 0.15) is 0 Å². The van der Waals surface area contributed by atoms with Gasteiger partial charge in [0.25, 0.3) is 0 Å². The molecule has 2 aromatic carbocycles. The summed E-state index contributed by atoms with van der Waals surface area (Å²) in [6.45, 7) is 2.36. The molecular formula is C21H24N2O5. The number of carbonyl (C=O) groups is 2. The van der Waals surface area contributed by atoms with Crippen LogP contribution in [0.3, 0.4) is 0 Å². The van der Waals surface area contributed by atoms with Crippen molar-refractivity contribution in [2.75, 3.05) is 26.1 Å². The molecule has 0 saturated carbocycles. The van der Waals surface area contributed by atoms with Crippen LogP contribution in [0.2, 0.25) is 0 Å². The lowest BCUT2D eigenvalue weighted by Crippen LogP contribution is -2.43. The van der Waals surface area contributed by atoms with Gasteiger partial charge in [0, 0.05) is 12.2 Å². The van der Waals surface area contributed by atoms with Gasteiger partial charge in [-0.15, -0.1) is 0 Å². The highest BCUT2D eigenvalue weighted by Crippen LogP contribution is 2.39. The fraction of sp³-hybridized carbons (Fsp3) is 0.333. The van der Waals surface area contributed by atoms with Crippen molar-refractivity contribution in [3.63, 3.8) is 0 Å². The predicted molar refractivity (Wildman–Crippen MR) is 105 cm³/mol. The third-order valence-electron chi connectivity index (χ3n) is 4.90. The van der Waals surface area contributed by atoms with Crippen LogP contribution in [-0.4, -0.2) is 42.8 Å². The maximum atomic E-state index is 12.9. The number of methoxy groups -OCH3 is 2. The number of ether oxygens (including phenoxy) is 2. The Hall–Kier alpha value is -3.22. The Morgan fingerprint density at radius 2 is 1.89 bits per heavy atom. The number of nitrogens with zero attached hydrogens (tertiary/aromatic N) is 1. The minimum absolute atomic E-state index is 0.191. The van der Waals surface area contributed by atoms with E-state index in [1.165, 1.54) is 7.11 Å². The first-order valence-electron chi connectivity index (χ1n) is 9.03. The van der Waals surface area contributed by atoms with Crippen LogP contribution in [0.4, 0.5) is 10.5 Å². The van der Waals surface area contributed by atoms with Crippen molar-refractivity contribution < 1.29 is 24.2 Å². The number of nitrogens with one attached hydrogen (secondary N) is 1. The van der Waals surface area contributed by atoms with Crippen molar-refractivity contribution in [2.45, 2.75) is 25.8 Å². The van der Waals surface area contributed by atoms with Crippen molar-refractivity contribution in [3.05, 3.63) is 53.1 Å². The summed E-state index contributed by atoms with van der Waals surface area (Å²) < 4.78 is 10.7. The molecule has 0 spiro atoms. The normalized spacial score (nSPS) is 15.5. The monoisotopic (exact) mass is 384 g/mol. The number of aliphatic carboxylic acids is 1. The zero-order chi connectivity index (χ0) is 20.3. The van der Waals surface area contributed by atoms with Gasteiger partial charge in [0.2, 0.25) is 0 Å². The number of urea groups is 1. The minimum atomic E-state index is -0.971. The quantitative estimate of drug-likeness (QED) is 0.822. The number of carbonyl (C=O) groups excluding carboxylic acids is 1. The highest BCUT2D eigenvalue weighted by Gasteiger charge is 2.33. The highest BCUT2D eigenvalue weighted by molar-refractivity contribution is 5.90. The zero-order valence-corrected chi connectivity index (χ0v) is 16.2. The summed E-state index contributed by atoms with van der Waals surface area (Å²) in [5.41, 5.74) is 3.44. The molecule has 2 N–H and O–H groups in total. The lowest BCUT2D eigenvalue weighted by atomic mass is 9.90. The van der Waals surface area contributed by atoms with Crippen LogP contribution in [0.15, 0.2) is 36.4 Å². The van der Waals surface area contributed by atoms with Crippen LogP contribution >= 0.6 is 0 Å². The van der Waals surface area contributed by atoms with Crippen LogP contribution in [0.25, 0.3) is 0 Å². The smallest absolute Gasteiger partial charge is 0.322 e. The topological polar surface area (TPSA) is 88.1 Å². The summed E-state index contributed by atoms with van der Waals surface area (Å²) in [6, 6.07) is 10.2. The van der Waals surface area contributed by atoms with Crippen molar-refractivity contribution in [3.8, 4) is 11.5 Å². The van der Waals surface area contributed by atoms with E-state index in [1.54, 1.807) is 18.1 Å². The predicted octanol–water partition coefficient (Wildman–Crippen LogP) is 3.62. The first-order valence-corrected chi connectivity index (χ1v) is 9.03. The average molecular weight is 384 g/mol. The molecule has 0 saturated heterocycles. The van der Waals surface area contributed by atoms with Gasteiger partial charge in [-0.3, -0.25) is 4.79 Å². The Balaban J connectivity index is 1.94. The molecule has 1 heterocycles. The van der Waals surface area contributed by atoms with Gasteiger partial charge < -0.3 is 24.8 Å². The lowest BCUT2D eigenvalue weighted by molar-refractivity contribution is -0.138. The summed E-state index contributed by atoms with van der Waals surface area (Å²) in [5.74, 6) is 0.131. The zero-order valence-electron chi connectivity index (χ0n) is 16.2. The molecule has 7 nitrogen and oxygen atoms in total. The second-order valence-electron chi connectivity index (χ2n) is 6.76. The molecule has 1 unspecified atom stereocenters. The van der Waals surface area contributed by atoms with E-state index in [0.29, 0.717) is 30.2 Å². The summed E-state index contributed by atoms with van der Waals surface area (Å²) in [6.07, 6.45) is 0.413. The van der Waals surface area contributed by atoms with Crippen molar-refractivity contribution in [1.82, 2.24) is 4.90 Å². The Bertz CT molecular complexity index is 896. The Morgan fingerprint density at radius 1 is 1.18 bits per heavy atom. The maximum absolute atomic E-state index is 12.9. The third-order valence-corrected chi connectivity index (χ3v) is 4.90. The maximum Gasteiger partial charge on any atom is 0.322 e. The molecule has 0 aromatic heterocycles. The standard InChI is InChI=1S/C21H24N2O5/c1-13-5-4-6-15(9-13)22-21(26)23-8-7-14-10-18(27-2)19(28-3)11-16(14)17(23)12-20(24)25/h4-6,9-11,17H,7-8,12H2,1-3H3,(H,22,26)(H,24,25). The summed E-state index contributed by atoms with van der Waals surface area (Å²) in [7, 11) is 3.09. The van der Waals surface area contributed by atoms with Gasteiger partial charge >= 0.3 is 12.0 Å². The number of anilines is 1. The molecule has 0 radical (unpaired) electrons. The van der Waals surface area contributed by atoms with Gasteiger partial charge in [0.15, 0.2) is 11.5 Å². The summed E-state index contributed by atoms with van der Waals surface area (Å²) >= 11 is 0. The third kappa shape index (κ3) is 4.03. The van der Waals surface area contributed by atoms with Crippen LogP contribution in [-0.2, 0) is 11.2 Å². The van der Waals surface area contributed by atoms with Gasteiger partial charge in [0.05, 0.1) is 26.7 Å². The fourth-order valence-electron chi connectivity index (χ4n) is 3.57. The average Bonchev–Trinajstić information content (AvgIpc) is 2.66. The lowest BCUT2D eigenvalue weighted by Gasteiger charge is -2.37. The fourth-order valence-corrected chi connectivity index (χ4v) is 3.57. The largest absolute Gasteiger partial charge is 0.493 e. The number of fused-ring (bicyclic) bond motifs is 1. The van der Waals surface area contributed by atoms with E-state index in [1.807, 2.05) is 37.3 Å². The number of aryl methyl sites for hydroxylation is 1. The Kier molecular flexibility index (Phi) is 5.73. The molecule has 0 bridgehead atoms. The van der Waals surface area contributed by atoms with E-state index in [0.717, 1.165) is 16.7 Å². The number of carboxylic acid groups (broad SMARTS) is 1. The summed E-state index contributed by atoms with van der Waals surface area (Å²) in [4.78, 5) is 26.0. The molecule has 2 aromatic rings. The SMILES string of the molecule is COc1cc2c(cc1OC)C(CC(=O)O)N(C(=O)Nc1cccc(C)c1)CC2. The van der Waals surface area contributed by atoms with Crippen molar-refractivity contribution in [1.29, 1.82) is 0 Å². The second kappa shape index (κ2) is 8.21. The van der Waals surface area contributed by atoms with Gasteiger partial charge in [-0.25, -0.2) is 4.79 Å². The molecule has 1 aliphatic rings. The van der Waals surface area contributed by atoms with Crippen LogP contribution in [0.1, 0.15) is 29.2 Å². The second-order valence-corrected chi connectivity index (χ2v) is 6.76. The van der Waals surface area contributed by atoms with Crippen LogP contribution in [0.5, 0.6) is 11.5 Å². The van der Waals surface area contributed by atoms with E-state index in [2.05, 4.69) is 5.32 Å². The number of benzene rings is 2. The molecule has 1 atom stereocenters. The van der Waals surface area contributed by atoms with Gasteiger partial charge in [-0.1, -0.05) is 12.1 Å². The number of carboxylic acids is 1. The Labute approximate surface area is 163 Å². The highest BCUT2D eigenvalue weighted by atomic mass is 16.5. The molecule has 2 amide bonds. The summed E-state index contributed by atoms with van der Waals surface area (Å²) in [5, 5.41) is 12.3. The molecule has 3 rings (SSSR count). The van der Waals surface area contributed by atoms with Crippen LogP contribution in [0, 0.1) is 6.92 Å². The Morgan fingerprint density at radius 3 is 2.54 bits per heavy atom. The van der Waals surface area contributed by atoms with Crippen molar-refractivity contribution in [2.24, 2.45) is 0 Å². The molecule has 7 heteroatoms. The van der Waals surface area contributed by atoms with E-state index in [4.69, 9.17) is 9.47 Å². The van der Waals surface area contributed by atoms with E-state index in [-0.39, 0.29) is 12.5 Å². The molecule has 28 heavy (non-hydrogen) atoms. The number of rotatable bonds is 5. The first-order chi connectivity index (χ1) is 13.4. The number of hydrogen-bond acceptors (Lipinski definition) is 4. The van der Waals surface area contributed by atoms with Gasteiger partial charge in [-0.05, 0) is 54.3 Å². The van der Waals surface area contributed by atoms with Crippen LogP contribution < -0.4 is 14.8 Å². The first kappa shape index (κ1) is 19.5. The van der Waals surface area contributed by atoms with Gasteiger partial charge in [-0.2, -0.15) is 0 Å². The molecular weight excluding hydrogens is 360 g/mol. The van der Waals surface area contributed by atoms with E-state index < -0.39 is 12.0 Å². The number of hydrogen-bond donors (Lipinski definition) is 2. The molecule has 0 aliphatic carbocycles. The van der Waals surface area contributed by atoms with Crippen molar-refractivity contribution >= 4 is 17.7 Å². The molecule has 0 fully saturated rings. The van der Waals surface area contributed by atoms with E-state index in [9.17, 15) is 14.7 Å². The molecule has 148 valence electrons.